The van der Waals surface area contributed by atoms with Gasteiger partial charge >= 0.3 is 5.97 Å². The van der Waals surface area contributed by atoms with Crippen LogP contribution in [0.4, 0.5) is 24.5 Å². The van der Waals surface area contributed by atoms with Gasteiger partial charge in [-0.1, -0.05) is 19.9 Å². The average molecular weight is 351 g/mol. The number of rotatable bonds is 4. The van der Waals surface area contributed by atoms with E-state index in [1.54, 1.807) is 13.0 Å². The monoisotopic (exact) mass is 351 g/mol. The maximum Gasteiger partial charge on any atom is 0.337 e. The first-order valence-electron chi connectivity index (χ1n) is 8.17. The molecule has 2 aromatic rings. The van der Waals surface area contributed by atoms with E-state index in [-0.39, 0.29) is 17.2 Å². The SMILES string of the molecule is CC.Cc1ccc(Nc2c(C(=O)O)cc(C3CC3)c(F)c2F)c(F)c1. The summed E-state index contributed by atoms with van der Waals surface area (Å²) < 4.78 is 42.4. The van der Waals surface area contributed by atoms with Gasteiger partial charge in [-0.15, -0.1) is 0 Å². The minimum atomic E-state index is -1.40. The largest absolute Gasteiger partial charge is 0.478 e. The molecule has 3 nitrogen and oxygen atoms in total. The summed E-state index contributed by atoms with van der Waals surface area (Å²) in [6.07, 6.45) is 1.41. The number of carboxylic acids is 1. The molecule has 0 radical (unpaired) electrons. The molecule has 1 saturated carbocycles. The van der Waals surface area contributed by atoms with Crippen LogP contribution in [0, 0.1) is 24.4 Å². The molecule has 0 heterocycles. The molecule has 0 saturated heterocycles. The van der Waals surface area contributed by atoms with E-state index in [0.717, 1.165) is 6.07 Å². The topological polar surface area (TPSA) is 49.3 Å². The molecule has 0 amide bonds. The third-order valence-corrected chi connectivity index (χ3v) is 3.87. The second-order valence-electron chi connectivity index (χ2n) is 5.70. The Kier molecular flexibility index (Phi) is 5.72. The van der Waals surface area contributed by atoms with Gasteiger partial charge in [0.15, 0.2) is 11.6 Å². The van der Waals surface area contributed by atoms with E-state index in [4.69, 9.17) is 0 Å². The van der Waals surface area contributed by atoms with Gasteiger partial charge in [0.2, 0.25) is 0 Å². The van der Waals surface area contributed by atoms with Gasteiger partial charge in [0.25, 0.3) is 0 Å². The number of aromatic carboxylic acids is 1. The third kappa shape index (κ3) is 3.95. The number of carboxylic acid groups (broad SMARTS) is 1. The Hall–Kier alpha value is -2.50. The normalized spacial score (nSPS) is 13.0. The molecule has 3 rings (SSSR count). The van der Waals surface area contributed by atoms with Crippen LogP contribution in [0.15, 0.2) is 24.3 Å². The van der Waals surface area contributed by atoms with E-state index in [0.29, 0.717) is 18.4 Å². The Bertz CT molecular complexity index is 802. The zero-order chi connectivity index (χ0) is 18.7. The lowest BCUT2D eigenvalue weighted by Crippen LogP contribution is -2.10. The lowest BCUT2D eigenvalue weighted by molar-refractivity contribution is 0.0697. The fraction of sp³-hybridized carbons (Fsp3) is 0.316. The third-order valence-electron chi connectivity index (χ3n) is 3.87. The van der Waals surface area contributed by atoms with Crippen molar-refractivity contribution in [2.24, 2.45) is 0 Å². The highest BCUT2D eigenvalue weighted by Gasteiger charge is 2.32. The van der Waals surface area contributed by atoms with Crippen molar-refractivity contribution in [2.75, 3.05) is 5.32 Å². The number of benzene rings is 2. The number of aryl methyl sites for hydroxylation is 1. The van der Waals surface area contributed by atoms with Gasteiger partial charge in [0, 0.05) is 0 Å². The molecule has 1 aliphatic carbocycles. The predicted molar refractivity (Wildman–Crippen MR) is 91.1 cm³/mol. The van der Waals surface area contributed by atoms with Crippen LogP contribution in [0.5, 0.6) is 0 Å². The van der Waals surface area contributed by atoms with Crippen LogP contribution in [0.25, 0.3) is 0 Å². The molecule has 0 spiro atoms. The van der Waals surface area contributed by atoms with Crippen LogP contribution in [-0.2, 0) is 0 Å². The molecule has 2 N–H and O–H groups in total. The van der Waals surface area contributed by atoms with E-state index in [2.05, 4.69) is 5.32 Å². The minimum Gasteiger partial charge on any atom is -0.478 e. The summed E-state index contributed by atoms with van der Waals surface area (Å²) in [6.45, 7) is 5.68. The van der Waals surface area contributed by atoms with Crippen molar-refractivity contribution in [1.29, 1.82) is 0 Å². The maximum absolute atomic E-state index is 14.3. The zero-order valence-corrected chi connectivity index (χ0v) is 14.3. The summed E-state index contributed by atoms with van der Waals surface area (Å²) in [5.74, 6) is -4.60. The first-order chi connectivity index (χ1) is 11.9. The lowest BCUT2D eigenvalue weighted by atomic mass is 10.0. The first kappa shape index (κ1) is 18.8. The van der Waals surface area contributed by atoms with Crippen LogP contribution in [0.2, 0.25) is 0 Å². The minimum absolute atomic E-state index is 0.0647. The van der Waals surface area contributed by atoms with Crippen LogP contribution in [0.1, 0.15) is 54.1 Å². The van der Waals surface area contributed by atoms with E-state index in [1.807, 2.05) is 13.8 Å². The molecule has 2 aromatic carbocycles. The summed E-state index contributed by atoms with van der Waals surface area (Å²) in [5, 5.41) is 11.7. The molecule has 0 aromatic heterocycles. The van der Waals surface area contributed by atoms with E-state index >= 15 is 0 Å². The zero-order valence-electron chi connectivity index (χ0n) is 14.3. The summed E-state index contributed by atoms with van der Waals surface area (Å²) in [4.78, 5) is 11.4. The van der Waals surface area contributed by atoms with Gasteiger partial charge in [-0.25, -0.2) is 18.0 Å². The summed E-state index contributed by atoms with van der Waals surface area (Å²) in [5.41, 5.74) is -0.374. The number of hydrogen-bond donors (Lipinski definition) is 2. The van der Waals surface area contributed by atoms with Crippen LogP contribution in [-0.4, -0.2) is 11.1 Å². The highest BCUT2D eigenvalue weighted by molar-refractivity contribution is 5.95. The quantitative estimate of drug-likeness (QED) is 0.736. The highest BCUT2D eigenvalue weighted by Crippen LogP contribution is 2.44. The number of hydrogen-bond acceptors (Lipinski definition) is 2. The van der Waals surface area contributed by atoms with E-state index < -0.39 is 34.7 Å². The molecular weight excluding hydrogens is 331 g/mol. The standard InChI is InChI=1S/C17H14F3NO2.C2H6/c1-8-2-5-13(12(18)6-8)21-16-11(17(22)23)7-10(9-3-4-9)14(19)15(16)20;1-2/h2,5-7,9,21H,3-4H2,1H3,(H,22,23);1-2H3. The number of halogens is 3. The Balaban J connectivity index is 0.00000109. The van der Waals surface area contributed by atoms with Crippen molar-refractivity contribution in [1.82, 2.24) is 0 Å². The second-order valence-corrected chi connectivity index (χ2v) is 5.70. The van der Waals surface area contributed by atoms with Crippen molar-refractivity contribution in [3.63, 3.8) is 0 Å². The van der Waals surface area contributed by atoms with Crippen molar-refractivity contribution in [2.45, 2.75) is 39.5 Å². The van der Waals surface area contributed by atoms with Gasteiger partial charge in [-0.05, 0) is 55.0 Å². The number of nitrogens with one attached hydrogen (secondary N) is 1. The number of carbonyl (C=O) groups is 1. The van der Waals surface area contributed by atoms with Gasteiger partial charge in [0.1, 0.15) is 5.82 Å². The van der Waals surface area contributed by atoms with Crippen LogP contribution >= 0.6 is 0 Å². The maximum atomic E-state index is 14.3. The molecule has 1 aliphatic rings. The fourth-order valence-corrected chi connectivity index (χ4v) is 2.48. The van der Waals surface area contributed by atoms with E-state index in [1.165, 1.54) is 12.1 Å². The Morgan fingerprint density at radius 2 is 1.76 bits per heavy atom. The molecule has 6 heteroatoms. The Labute approximate surface area is 144 Å². The van der Waals surface area contributed by atoms with Crippen LogP contribution in [0.3, 0.4) is 0 Å². The lowest BCUT2D eigenvalue weighted by Gasteiger charge is -2.14. The van der Waals surface area contributed by atoms with Crippen molar-refractivity contribution < 1.29 is 23.1 Å². The smallest absolute Gasteiger partial charge is 0.337 e. The summed E-state index contributed by atoms with van der Waals surface area (Å²) in [6, 6.07) is 5.28. The Morgan fingerprint density at radius 1 is 1.12 bits per heavy atom. The Morgan fingerprint density at radius 3 is 2.28 bits per heavy atom. The van der Waals surface area contributed by atoms with Crippen molar-refractivity contribution in [3.05, 3.63) is 58.4 Å². The highest BCUT2D eigenvalue weighted by atomic mass is 19.2. The predicted octanol–water partition coefficient (Wildman–Crippen LogP) is 5.76. The van der Waals surface area contributed by atoms with Gasteiger partial charge < -0.3 is 10.4 Å². The first-order valence-corrected chi connectivity index (χ1v) is 8.17. The molecule has 0 unspecified atom stereocenters. The summed E-state index contributed by atoms with van der Waals surface area (Å²) >= 11 is 0. The molecule has 0 aliphatic heterocycles. The summed E-state index contributed by atoms with van der Waals surface area (Å²) in [7, 11) is 0. The van der Waals surface area contributed by atoms with Crippen molar-refractivity contribution >= 4 is 17.3 Å². The van der Waals surface area contributed by atoms with Crippen molar-refractivity contribution in [3.8, 4) is 0 Å². The molecule has 0 atom stereocenters. The average Bonchev–Trinajstić information content (AvgIpc) is 3.40. The van der Waals surface area contributed by atoms with Gasteiger partial charge in [-0.2, -0.15) is 0 Å². The molecule has 1 fully saturated rings. The van der Waals surface area contributed by atoms with Gasteiger partial charge in [-0.3, -0.25) is 0 Å². The molecule has 134 valence electrons. The molecule has 0 bridgehead atoms. The second kappa shape index (κ2) is 7.59. The van der Waals surface area contributed by atoms with Gasteiger partial charge in [0.05, 0.1) is 16.9 Å². The number of anilines is 2. The molecular formula is C19H20F3NO2. The fourth-order valence-electron chi connectivity index (χ4n) is 2.48. The van der Waals surface area contributed by atoms with Crippen LogP contribution < -0.4 is 5.32 Å². The molecule has 25 heavy (non-hydrogen) atoms. The van der Waals surface area contributed by atoms with E-state index in [9.17, 15) is 23.1 Å².